The molecule has 0 spiro atoms. The summed E-state index contributed by atoms with van der Waals surface area (Å²) in [6.45, 7) is 1.68. The highest BCUT2D eigenvalue weighted by Crippen LogP contribution is 2.08. The molecule has 0 aromatic carbocycles. The summed E-state index contributed by atoms with van der Waals surface area (Å²) < 4.78 is 0. The number of hydrogen-bond donors (Lipinski definition) is 1. The molecule has 0 fully saturated rings. The zero-order valence-electron chi connectivity index (χ0n) is 7.27. The zero-order valence-corrected chi connectivity index (χ0v) is 7.27. The van der Waals surface area contributed by atoms with Gasteiger partial charge >= 0.3 is 5.97 Å². The minimum Gasteiger partial charge on any atom is -0.481 e. The summed E-state index contributed by atoms with van der Waals surface area (Å²) >= 11 is 0. The first-order chi connectivity index (χ1) is 6.18. The van der Waals surface area contributed by atoms with Crippen LogP contribution < -0.4 is 0 Å². The smallest absolute Gasteiger partial charge is 0.309 e. The van der Waals surface area contributed by atoms with Gasteiger partial charge in [-0.1, -0.05) is 0 Å². The summed E-state index contributed by atoms with van der Waals surface area (Å²) in [6, 6.07) is 3.53. The maximum Gasteiger partial charge on any atom is 0.309 e. The summed E-state index contributed by atoms with van der Waals surface area (Å²) in [5.74, 6) is -0.870. The average Bonchev–Trinajstić information content (AvgIpc) is 2.04. The Hall–Kier alpha value is -1.71. The molecule has 0 unspecified atom stereocenters. The topological polar surface area (TPSA) is 62.5 Å². The lowest BCUT2D eigenvalue weighted by Crippen LogP contribution is -2.02. The Labute approximate surface area is 76.0 Å². The van der Waals surface area contributed by atoms with Crippen LogP contribution >= 0.6 is 0 Å². The highest BCUT2D eigenvalue weighted by Gasteiger charge is 1.99. The van der Waals surface area contributed by atoms with Crippen LogP contribution in [-0.4, -0.2) is 21.8 Å². The van der Waals surface area contributed by atoms with Crippen LogP contribution in [0.1, 0.15) is 13.3 Å². The van der Waals surface area contributed by atoms with Gasteiger partial charge in [0.1, 0.15) is 0 Å². The molecule has 0 aliphatic rings. The van der Waals surface area contributed by atoms with Crippen molar-refractivity contribution in [2.45, 2.75) is 13.3 Å². The molecule has 0 aliphatic heterocycles. The van der Waals surface area contributed by atoms with E-state index in [-0.39, 0.29) is 6.42 Å². The first-order valence-corrected chi connectivity index (χ1v) is 3.84. The van der Waals surface area contributed by atoms with E-state index in [0.29, 0.717) is 11.4 Å². The Morgan fingerprint density at radius 3 is 3.00 bits per heavy atom. The van der Waals surface area contributed by atoms with Gasteiger partial charge in [0.05, 0.1) is 18.3 Å². The second-order valence-corrected chi connectivity index (χ2v) is 2.63. The standard InChI is InChI=1S/C9H10N2O2/c1-7(5-9(12)13)11-8-3-2-4-10-6-8/h2-4,6H,5H2,1H3,(H,12,13). The van der Waals surface area contributed by atoms with Gasteiger partial charge < -0.3 is 5.11 Å². The van der Waals surface area contributed by atoms with Crippen molar-refractivity contribution in [1.82, 2.24) is 4.98 Å². The van der Waals surface area contributed by atoms with Crippen molar-refractivity contribution in [2.75, 3.05) is 0 Å². The largest absolute Gasteiger partial charge is 0.481 e. The number of rotatable bonds is 3. The molecule has 0 saturated carbocycles. The first kappa shape index (κ1) is 9.38. The van der Waals surface area contributed by atoms with Crippen molar-refractivity contribution < 1.29 is 9.90 Å². The summed E-state index contributed by atoms with van der Waals surface area (Å²) in [5.41, 5.74) is 1.25. The first-order valence-electron chi connectivity index (χ1n) is 3.84. The molecule has 1 N–H and O–H groups in total. The van der Waals surface area contributed by atoms with Gasteiger partial charge in [-0.3, -0.25) is 14.8 Å². The second-order valence-electron chi connectivity index (χ2n) is 2.63. The number of pyridine rings is 1. The number of carboxylic acid groups (broad SMARTS) is 1. The molecule has 1 heterocycles. The Morgan fingerprint density at radius 1 is 1.69 bits per heavy atom. The predicted molar refractivity (Wildman–Crippen MR) is 49.3 cm³/mol. The van der Waals surface area contributed by atoms with Crippen LogP contribution in [0.2, 0.25) is 0 Å². The molecule has 0 radical (unpaired) electrons. The van der Waals surface area contributed by atoms with E-state index in [9.17, 15) is 4.79 Å². The molecule has 0 amide bonds. The van der Waals surface area contributed by atoms with Crippen molar-refractivity contribution >= 4 is 17.4 Å². The van der Waals surface area contributed by atoms with Crippen LogP contribution in [0.15, 0.2) is 29.5 Å². The average molecular weight is 178 g/mol. The number of hydrogen-bond acceptors (Lipinski definition) is 3. The van der Waals surface area contributed by atoms with E-state index in [1.54, 1.807) is 31.5 Å². The Balaban J connectivity index is 2.71. The van der Waals surface area contributed by atoms with Gasteiger partial charge in [0.25, 0.3) is 0 Å². The van der Waals surface area contributed by atoms with Gasteiger partial charge in [0, 0.05) is 11.9 Å². The molecule has 1 aromatic heterocycles. The number of nitrogens with zero attached hydrogens (tertiary/aromatic N) is 2. The fourth-order valence-electron chi connectivity index (χ4n) is 0.899. The van der Waals surface area contributed by atoms with Crippen molar-refractivity contribution in [1.29, 1.82) is 0 Å². The van der Waals surface area contributed by atoms with Crippen molar-refractivity contribution in [3.63, 3.8) is 0 Å². The summed E-state index contributed by atoms with van der Waals surface area (Å²) in [6.07, 6.45) is 3.20. The van der Waals surface area contributed by atoms with Gasteiger partial charge in [-0.05, 0) is 19.1 Å². The molecule has 1 rings (SSSR count). The summed E-state index contributed by atoms with van der Waals surface area (Å²) in [5, 5.41) is 8.47. The molecule has 0 aliphatic carbocycles. The number of carbonyl (C=O) groups is 1. The Kier molecular flexibility index (Phi) is 3.14. The molecule has 13 heavy (non-hydrogen) atoms. The van der Waals surface area contributed by atoms with Crippen molar-refractivity contribution in [3.8, 4) is 0 Å². The molecule has 1 aromatic rings. The van der Waals surface area contributed by atoms with Crippen molar-refractivity contribution in [2.24, 2.45) is 4.99 Å². The maximum atomic E-state index is 10.3. The summed E-state index contributed by atoms with van der Waals surface area (Å²) in [7, 11) is 0. The van der Waals surface area contributed by atoms with E-state index in [1.807, 2.05) is 0 Å². The van der Waals surface area contributed by atoms with Crippen LogP contribution in [0.4, 0.5) is 5.69 Å². The quantitative estimate of drug-likeness (QED) is 0.716. The molecular weight excluding hydrogens is 168 g/mol. The molecular formula is C9H10N2O2. The van der Waals surface area contributed by atoms with E-state index in [2.05, 4.69) is 9.98 Å². The minimum atomic E-state index is -0.870. The predicted octanol–water partition coefficient (Wildman–Crippen LogP) is 1.65. The van der Waals surface area contributed by atoms with E-state index in [0.717, 1.165) is 0 Å². The van der Waals surface area contributed by atoms with Crippen LogP contribution in [0.5, 0.6) is 0 Å². The van der Waals surface area contributed by atoms with E-state index >= 15 is 0 Å². The summed E-state index contributed by atoms with van der Waals surface area (Å²) in [4.78, 5) is 18.2. The lowest BCUT2D eigenvalue weighted by molar-refractivity contribution is -0.135. The third kappa shape index (κ3) is 3.46. The molecule has 0 bridgehead atoms. The lowest BCUT2D eigenvalue weighted by Gasteiger charge is -1.95. The molecule has 0 saturated heterocycles. The Morgan fingerprint density at radius 2 is 2.46 bits per heavy atom. The van der Waals surface area contributed by atoms with Crippen molar-refractivity contribution in [3.05, 3.63) is 24.5 Å². The van der Waals surface area contributed by atoms with Gasteiger partial charge in [-0.2, -0.15) is 0 Å². The SMILES string of the molecule is CC(CC(=O)O)=Nc1cccnc1. The van der Waals surface area contributed by atoms with Crippen LogP contribution in [0.3, 0.4) is 0 Å². The number of aliphatic carboxylic acids is 1. The number of aromatic nitrogens is 1. The lowest BCUT2D eigenvalue weighted by atomic mass is 10.3. The number of carboxylic acids is 1. The fourth-order valence-corrected chi connectivity index (χ4v) is 0.899. The van der Waals surface area contributed by atoms with Crippen LogP contribution in [-0.2, 0) is 4.79 Å². The monoisotopic (exact) mass is 178 g/mol. The fraction of sp³-hybridized carbons (Fsp3) is 0.222. The maximum absolute atomic E-state index is 10.3. The van der Waals surface area contributed by atoms with Crippen LogP contribution in [0, 0.1) is 0 Å². The normalized spacial score (nSPS) is 11.3. The minimum absolute atomic E-state index is 0.0328. The van der Waals surface area contributed by atoms with Gasteiger partial charge in [0.2, 0.25) is 0 Å². The van der Waals surface area contributed by atoms with Gasteiger partial charge in [0.15, 0.2) is 0 Å². The molecule has 0 atom stereocenters. The molecule has 4 heteroatoms. The number of aliphatic imine (C=N–C) groups is 1. The second kappa shape index (κ2) is 4.35. The Bertz CT molecular complexity index is 320. The molecule has 68 valence electrons. The zero-order chi connectivity index (χ0) is 9.68. The highest BCUT2D eigenvalue weighted by molar-refractivity contribution is 5.97. The third-order valence-corrected chi connectivity index (χ3v) is 1.37. The van der Waals surface area contributed by atoms with Gasteiger partial charge in [-0.15, -0.1) is 0 Å². The van der Waals surface area contributed by atoms with Gasteiger partial charge in [-0.25, -0.2) is 0 Å². The highest BCUT2D eigenvalue weighted by atomic mass is 16.4. The van der Waals surface area contributed by atoms with E-state index < -0.39 is 5.97 Å². The third-order valence-electron chi connectivity index (χ3n) is 1.37. The van der Waals surface area contributed by atoms with Crippen LogP contribution in [0.25, 0.3) is 0 Å². The van der Waals surface area contributed by atoms with E-state index in [1.165, 1.54) is 0 Å². The molecule has 4 nitrogen and oxygen atoms in total. The van der Waals surface area contributed by atoms with E-state index in [4.69, 9.17) is 5.11 Å².